The van der Waals surface area contributed by atoms with Crippen LogP contribution in [0.5, 0.6) is 5.75 Å². The van der Waals surface area contributed by atoms with Crippen LogP contribution in [0.15, 0.2) is 53.1 Å². The van der Waals surface area contributed by atoms with Crippen LogP contribution in [0, 0.1) is 0 Å². The Kier molecular flexibility index (Phi) is 4.92. The second-order valence-electron chi connectivity index (χ2n) is 5.09. The van der Waals surface area contributed by atoms with Crippen LogP contribution < -0.4 is 10.1 Å². The number of amides is 1. The molecule has 23 heavy (non-hydrogen) atoms. The molecular formula is C17H16BrN3O2. The van der Waals surface area contributed by atoms with Gasteiger partial charge in [0.25, 0.3) is 0 Å². The zero-order chi connectivity index (χ0) is 16.1. The summed E-state index contributed by atoms with van der Waals surface area (Å²) in [5.74, 6) is 0.766. The Balaban J connectivity index is 1.46. The molecule has 6 heteroatoms. The summed E-state index contributed by atoms with van der Waals surface area (Å²) >= 11 is 3.38. The van der Waals surface area contributed by atoms with E-state index < -0.39 is 0 Å². The molecule has 3 aromatic rings. The summed E-state index contributed by atoms with van der Waals surface area (Å²) in [5, 5.41) is 10.8. The maximum absolute atomic E-state index is 12.0. The monoisotopic (exact) mass is 373 g/mol. The summed E-state index contributed by atoms with van der Waals surface area (Å²) < 4.78 is 6.61. The van der Waals surface area contributed by atoms with Crippen molar-refractivity contribution in [2.24, 2.45) is 0 Å². The van der Waals surface area contributed by atoms with Gasteiger partial charge in [0.05, 0.1) is 24.0 Å². The molecule has 0 aliphatic carbocycles. The van der Waals surface area contributed by atoms with Crippen LogP contribution in [0.2, 0.25) is 0 Å². The lowest BCUT2D eigenvalue weighted by Crippen LogP contribution is -2.13. The number of halogens is 1. The highest BCUT2D eigenvalue weighted by Gasteiger charge is 2.07. The quantitative estimate of drug-likeness (QED) is 0.638. The Bertz CT molecular complexity index is 799. The highest BCUT2D eigenvalue weighted by atomic mass is 79.9. The van der Waals surface area contributed by atoms with Crippen LogP contribution in [0.1, 0.15) is 12.8 Å². The lowest BCUT2D eigenvalue weighted by atomic mass is 10.2. The Labute approximate surface area is 142 Å². The SMILES string of the molecule is O=C(CCCOc1ccc(Br)cc1)Nc1cccc2cn[nH]c12. The zero-order valence-electron chi connectivity index (χ0n) is 12.4. The molecule has 5 nitrogen and oxygen atoms in total. The number of nitrogens with zero attached hydrogens (tertiary/aromatic N) is 1. The first-order chi connectivity index (χ1) is 11.2. The van der Waals surface area contributed by atoms with Crippen LogP contribution in [0.3, 0.4) is 0 Å². The van der Waals surface area contributed by atoms with Crippen LogP contribution in [0.25, 0.3) is 10.9 Å². The van der Waals surface area contributed by atoms with Gasteiger partial charge in [0.15, 0.2) is 0 Å². The second kappa shape index (κ2) is 7.28. The fourth-order valence-corrected chi connectivity index (χ4v) is 2.50. The van der Waals surface area contributed by atoms with Crippen molar-refractivity contribution in [2.45, 2.75) is 12.8 Å². The van der Waals surface area contributed by atoms with E-state index in [1.165, 1.54) is 0 Å². The number of aromatic nitrogens is 2. The normalized spacial score (nSPS) is 10.7. The molecule has 0 radical (unpaired) electrons. The third-order valence-electron chi connectivity index (χ3n) is 3.38. The largest absolute Gasteiger partial charge is 0.494 e. The van der Waals surface area contributed by atoms with E-state index in [2.05, 4.69) is 31.4 Å². The predicted molar refractivity (Wildman–Crippen MR) is 93.6 cm³/mol. The predicted octanol–water partition coefficient (Wildman–Crippen LogP) is 4.12. The average Bonchev–Trinajstić information content (AvgIpc) is 3.03. The fraction of sp³-hybridized carbons (Fsp3) is 0.176. The van der Waals surface area contributed by atoms with Gasteiger partial charge in [-0.25, -0.2) is 0 Å². The van der Waals surface area contributed by atoms with Gasteiger partial charge in [-0.2, -0.15) is 5.10 Å². The first kappa shape index (κ1) is 15.6. The summed E-state index contributed by atoms with van der Waals surface area (Å²) in [7, 11) is 0. The number of aromatic amines is 1. The number of rotatable bonds is 6. The van der Waals surface area contributed by atoms with Crippen molar-refractivity contribution in [3.8, 4) is 5.75 Å². The van der Waals surface area contributed by atoms with Gasteiger partial charge >= 0.3 is 0 Å². The summed E-state index contributed by atoms with van der Waals surface area (Å²) in [6.07, 6.45) is 2.79. The van der Waals surface area contributed by atoms with Crippen molar-refractivity contribution in [3.05, 3.63) is 53.1 Å². The highest BCUT2D eigenvalue weighted by Crippen LogP contribution is 2.20. The van der Waals surface area contributed by atoms with Gasteiger partial charge in [0, 0.05) is 16.3 Å². The van der Waals surface area contributed by atoms with Gasteiger partial charge in [0.2, 0.25) is 5.91 Å². The maximum Gasteiger partial charge on any atom is 0.224 e. The Morgan fingerprint density at radius 1 is 1.22 bits per heavy atom. The number of ether oxygens (including phenoxy) is 1. The molecule has 1 amide bonds. The Hall–Kier alpha value is -2.34. The third kappa shape index (κ3) is 4.10. The molecule has 2 N–H and O–H groups in total. The molecule has 1 aromatic heterocycles. The number of hydrogen-bond donors (Lipinski definition) is 2. The minimum atomic E-state index is -0.0356. The molecular weight excluding hydrogens is 358 g/mol. The summed E-state index contributed by atoms with van der Waals surface area (Å²) in [4.78, 5) is 12.0. The summed E-state index contributed by atoms with van der Waals surface area (Å²) in [5.41, 5.74) is 1.59. The molecule has 1 heterocycles. The van der Waals surface area contributed by atoms with E-state index in [-0.39, 0.29) is 5.91 Å². The molecule has 0 saturated carbocycles. The lowest BCUT2D eigenvalue weighted by molar-refractivity contribution is -0.116. The number of nitrogens with one attached hydrogen (secondary N) is 2. The minimum absolute atomic E-state index is 0.0356. The first-order valence-electron chi connectivity index (χ1n) is 7.33. The number of para-hydroxylation sites is 1. The molecule has 0 atom stereocenters. The summed E-state index contributed by atoms with van der Waals surface area (Å²) in [6.45, 7) is 0.503. The number of fused-ring (bicyclic) bond motifs is 1. The van der Waals surface area contributed by atoms with Crippen molar-refractivity contribution in [1.82, 2.24) is 10.2 Å². The van der Waals surface area contributed by atoms with Crippen LogP contribution >= 0.6 is 15.9 Å². The number of hydrogen-bond acceptors (Lipinski definition) is 3. The first-order valence-corrected chi connectivity index (χ1v) is 8.12. The molecule has 0 fully saturated rings. The molecule has 0 aliphatic rings. The molecule has 0 bridgehead atoms. The van der Waals surface area contributed by atoms with E-state index in [4.69, 9.17) is 4.74 Å². The number of benzene rings is 2. The van der Waals surface area contributed by atoms with Crippen molar-refractivity contribution in [2.75, 3.05) is 11.9 Å². The van der Waals surface area contributed by atoms with E-state index in [9.17, 15) is 4.79 Å². The second-order valence-corrected chi connectivity index (χ2v) is 6.01. The maximum atomic E-state index is 12.0. The summed E-state index contributed by atoms with van der Waals surface area (Å²) in [6, 6.07) is 13.3. The fourth-order valence-electron chi connectivity index (χ4n) is 2.24. The highest BCUT2D eigenvalue weighted by molar-refractivity contribution is 9.10. The van der Waals surface area contributed by atoms with Gasteiger partial charge in [-0.3, -0.25) is 9.89 Å². The van der Waals surface area contributed by atoms with Gasteiger partial charge in [-0.1, -0.05) is 28.1 Å². The Morgan fingerprint density at radius 3 is 2.87 bits per heavy atom. The molecule has 0 saturated heterocycles. The average molecular weight is 374 g/mol. The number of carbonyl (C=O) groups excluding carboxylic acids is 1. The van der Waals surface area contributed by atoms with Crippen LogP contribution in [-0.4, -0.2) is 22.7 Å². The molecule has 0 aliphatic heterocycles. The third-order valence-corrected chi connectivity index (χ3v) is 3.91. The van der Waals surface area contributed by atoms with Crippen LogP contribution in [-0.2, 0) is 4.79 Å². The zero-order valence-corrected chi connectivity index (χ0v) is 14.0. The van der Waals surface area contributed by atoms with Crippen molar-refractivity contribution in [3.63, 3.8) is 0 Å². The van der Waals surface area contributed by atoms with E-state index in [1.54, 1.807) is 6.20 Å². The minimum Gasteiger partial charge on any atom is -0.494 e. The van der Waals surface area contributed by atoms with Gasteiger partial charge < -0.3 is 10.1 Å². The van der Waals surface area contributed by atoms with Gasteiger partial charge in [0.1, 0.15) is 5.75 Å². The van der Waals surface area contributed by atoms with E-state index >= 15 is 0 Å². The van der Waals surface area contributed by atoms with Crippen molar-refractivity contribution in [1.29, 1.82) is 0 Å². The number of H-pyrrole nitrogens is 1. The van der Waals surface area contributed by atoms with Crippen LogP contribution in [0.4, 0.5) is 5.69 Å². The molecule has 2 aromatic carbocycles. The molecule has 118 valence electrons. The van der Waals surface area contributed by atoms with Gasteiger partial charge in [-0.05, 0) is 36.8 Å². The van der Waals surface area contributed by atoms with Crippen molar-refractivity contribution < 1.29 is 9.53 Å². The van der Waals surface area contributed by atoms with Gasteiger partial charge in [-0.15, -0.1) is 0 Å². The lowest BCUT2D eigenvalue weighted by Gasteiger charge is -2.08. The smallest absolute Gasteiger partial charge is 0.224 e. The van der Waals surface area contributed by atoms with E-state index in [0.29, 0.717) is 19.4 Å². The Morgan fingerprint density at radius 2 is 2.04 bits per heavy atom. The van der Waals surface area contributed by atoms with E-state index in [0.717, 1.165) is 26.8 Å². The topological polar surface area (TPSA) is 67.0 Å². The number of anilines is 1. The molecule has 3 rings (SSSR count). The molecule has 0 spiro atoms. The standard InChI is InChI=1S/C17H16BrN3O2/c18-13-6-8-14(9-7-13)23-10-2-5-16(22)20-15-4-1-3-12-11-19-21-17(12)15/h1,3-4,6-9,11H,2,5,10H2,(H,19,21)(H,20,22). The molecule has 0 unspecified atom stereocenters. The van der Waals surface area contributed by atoms with E-state index in [1.807, 2.05) is 42.5 Å². The number of carbonyl (C=O) groups is 1. The van der Waals surface area contributed by atoms with Crippen molar-refractivity contribution >= 4 is 38.4 Å².